The van der Waals surface area contributed by atoms with Gasteiger partial charge in [-0.2, -0.15) is 0 Å². The van der Waals surface area contributed by atoms with Crippen LogP contribution in [-0.4, -0.2) is 63.5 Å². The standard InChI is InChI=1S/C23H40N2O3Si/c1-19(2)18-27-22(26)25-16-14-24(15-17-25)13-12-20-8-10-21(11-9-20)28-29(6,7)23(3,4)5/h8-11,19H,12-18H2,1-7H3. The number of carbonyl (C=O) groups excluding carboxylic acids is 1. The van der Waals surface area contributed by atoms with Gasteiger partial charge in [0.1, 0.15) is 5.75 Å². The molecule has 164 valence electrons. The van der Waals surface area contributed by atoms with Crippen molar-refractivity contribution in [3.8, 4) is 5.75 Å². The van der Waals surface area contributed by atoms with Gasteiger partial charge in [0, 0.05) is 32.7 Å². The molecule has 0 aromatic heterocycles. The molecule has 5 nitrogen and oxygen atoms in total. The highest BCUT2D eigenvalue weighted by atomic mass is 28.4. The summed E-state index contributed by atoms with van der Waals surface area (Å²) in [7, 11) is -1.79. The monoisotopic (exact) mass is 420 g/mol. The van der Waals surface area contributed by atoms with Crippen LogP contribution in [0.15, 0.2) is 24.3 Å². The third kappa shape index (κ3) is 7.34. The van der Waals surface area contributed by atoms with Crippen molar-refractivity contribution in [2.24, 2.45) is 5.92 Å². The number of rotatable bonds is 7. The Morgan fingerprint density at radius 1 is 1.07 bits per heavy atom. The fourth-order valence-corrected chi connectivity index (χ4v) is 3.97. The van der Waals surface area contributed by atoms with Crippen molar-refractivity contribution >= 4 is 14.4 Å². The Bertz CT molecular complexity index is 645. The van der Waals surface area contributed by atoms with Crippen molar-refractivity contribution in [3.63, 3.8) is 0 Å². The van der Waals surface area contributed by atoms with E-state index < -0.39 is 8.32 Å². The lowest BCUT2D eigenvalue weighted by Crippen LogP contribution is -2.49. The highest BCUT2D eigenvalue weighted by Gasteiger charge is 2.38. The van der Waals surface area contributed by atoms with Crippen LogP contribution in [0.1, 0.15) is 40.2 Å². The first-order valence-corrected chi connectivity index (χ1v) is 13.8. The van der Waals surface area contributed by atoms with E-state index in [-0.39, 0.29) is 11.1 Å². The number of ether oxygens (including phenoxy) is 1. The number of carbonyl (C=O) groups is 1. The molecule has 0 unspecified atom stereocenters. The Morgan fingerprint density at radius 2 is 1.66 bits per heavy atom. The third-order valence-electron chi connectivity index (χ3n) is 5.99. The highest BCUT2D eigenvalue weighted by molar-refractivity contribution is 6.74. The van der Waals surface area contributed by atoms with E-state index in [9.17, 15) is 4.79 Å². The first-order chi connectivity index (χ1) is 13.5. The van der Waals surface area contributed by atoms with E-state index in [2.05, 4.69) is 76.9 Å². The molecule has 29 heavy (non-hydrogen) atoms. The maximum Gasteiger partial charge on any atom is 0.409 e. The van der Waals surface area contributed by atoms with Crippen molar-refractivity contribution in [3.05, 3.63) is 29.8 Å². The minimum absolute atomic E-state index is 0.171. The van der Waals surface area contributed by atoms with Gasteiger partial charge in [-0.3, -0.25) is 4.90 Å². The largest absolute Gasteiger partial charge is 0.544 e. The van der Waals surface area contributed by atoms with Crippen LogP contribution in [0.4, 0.5) is 4.79 Å². The van der Waals surface area contributed by atoms with E-state index in [1.807, 2.05) is 4.90 Å². The van der Waals surface area contributed by atoms with Crippen molar-refractivity contribution < 1.29 is 14.0 Å². The molecule has 1 heterocycles. The zero-order valence-electron chi connectivity index (χ0n) is 19.5. The normalized spacial score (nSPS) is 16.2. The average molecular weight is 421 g/mol. The predicted octanol–water partition coefficient (Wildman–Crippen LogP) is 5.02. The van der Waals surface area contributed by atoms with Crippen molar-refractivity contribution in [2.75, 3.05) is 39.3 Å². The molecule has 1 aliphatic rings. The lowest BCUT2D eigenvalue weighted by molar-refractivity contribution is 0.0693. The van der Waals surface area contributed by atoms with E-state index in [4.69, 9.17) is 9.16 Å². The van der Waals surface area contributed by atoms with Crippen LogP contribution in [0.2, 0.25) is 18.1 Å². The van der Waals surface area contributed by atoms with Gasteiger partial charge >= 0.3 is 6.09 Å². The molecular weight excluding hydrogens is 380 g/mol. The molecule has 1 aromatic rings. The predicted molar refractivity (Wildman–Crippen MR) is 122 cm³/mol. The second-order valence-corrected chi connectivity index (χ2v) is 14.8. The maximum atomic E-state index is 12.1. The lowest BCUT2D eigenvalue weighted by Gasteiger charge is -2.36. The number of hydrogen-bond acceptors (Lipinski definition) is 4. The highest BCUT2D eigenvalue weighted by Crippen LogP contribution is 2.37. The molecule has 1 fully saturated rings. The zero-order chi connectivity index (χ0) is 21.7. The van der Waals surface area contributed by atoms with Crippen molar-refractivity contribution in [1.82, 2.24) is 9.80 Å². The quantitative estimate of drug-likeness (QED) is 0.581. The topological polar surface area (TPSA) is 42.0 Å². The Balaban J connectivity index is 1.75. The van der Waals surface area contributed by atoms with Gasteiger partial charge in [0.2, 0.25) is 8.32 Å². The first kappa shape index (κ1) is 23.7. The summed E-state index contributed by atoms with van der Waals surface area (Å²) < 4.78 is 11.7. The van der Waals surface area contributed by atoms with Gasteiger partial charge in [0.15, 0.2) is 0 Å². The fraction of sp³-hybridized carbons (Fsp3) is 0.696. The van der Waals surface area contributed by atoms with E-state index in [1.54, 1.807) is 0 Å². The minimum atomic E-state index is -1.79. The van der Waals surface area contributed by atoms with Gasteiger partial charge in [0.05, 0.1) is 6.61 Å². The molecule has 0 aliphatic carbocycles. The lowest BCUT2D eigenvalue weighted by atomic mass is 10.1. The maximum absolute atomic E-state index is 12.1. The van der Waals surface area contributed by atoms with Crippen LogP contribution >= 0.6 is 0 Å². The molecule has 0 radical (unpaired) electrons. The molecule has 2 rings (SSSR count). The number of nitrogens with zero attached hydrogens (tertiary/aromatic N) is 2. The molecule has 1 aromatic carbocycles. The van der Waals surface area contributed by atoms with Gasteiger partial charge in [-0.25, -0.2) is 4.79 Å². The molecule has 0 saturated carbocycles. The Hall–Kier alpha value is -1.53. The molecule has 1 amide bonds. The van der Waals surface area contributed by atoms with Gasteiger partial charge in [-0.1, -0.05) is 46.8 Å². The van der Waals surface area contributed by atoms with Gasteiger partial charge in [0.25, 0.3) is 0 Å². The van der Waals surface area contributed by atoms with Crippen molar-refractivity contribution in [2.45, 2.75) is 59.2 Å². The number of piperazine rings is 1. The third-order valence-corrected chi connectivity index (χ3v) is 10.3. The molecule has 6 heteroatoms. The molecule has 0 spiro atoms. The summed E-state index contributed by atoms with van der Waals surface area (Å²) in [5.74, 6) is 1.35. The summed E-state index contributed by atoms with van der Waals surface area (Å²) in [5, 5.41) is 0.203. The number of hydrogen-bond donors (Lipinski definition) is 0. The minimum Gasteiger partial charge on any atom is -0.544 e. The number of benzene rings is 1. The van der Waals surface area contributed by atoms with E-state index >= 15 is 0 Å². The van der Waals surface area contributed by atoms with E-state index in [0.29, 0.717) is 12.5 Å². The summed E-state index contributed by atoms with van der Waals surface area (Å²) >= 11 is 0. The first-order valence-electron chi connectivity index (χ1n) is 10.9. The van der Waals surface area contributed by atoms with Gasteiger partial charge in [-0.05, 0) is 48.2 Å². The Kier molecular flexibility index (Phi) is 8.17. The van der Waals surface area contributed by atoms with Gasteiger partial charge in [-0.15, -0.1) is 0 Å². The second kappa shape index (κ2) is 9.98. The summed E-state index contributed by atoms with van der Waals surface area (Å²) in [6.45, 7) is 20.3. The smallest absolute Gasteiger partial charge is 0.409 e. The summed E-state index contributed by atoms with van der Waals surface area (Å²) in [5.41, 5.74) is 1.33. The molecule has 0 bridgehead atoms. The Labute approximate surface area is 178 Å². The van der Waals surface area contributed by atoms with Crippen LogP contribution in [0.3, 0.4) is 0 Å². The van der Waals surface area contributed by atoms with Crippen LogP contribution in [-0.2, 0) is 11.2 Å². The molecular formula is C23H40N2O3Si. The zero-order valence-corrected chi connectivity index (χ0v) is 20.5. The van der Waals surface area contributed by atoms with Gasteiger partial charge < -0.3 is 14.1 Å². The van der Waals surface area contributed by atoms with Crippen LogP contribution in [0.5, 0.6) is 5.75 Å². The van der Waals surface area contributed by atoms with Crippen LogP contribution in [0, 0.1) is 5.92 Å². The second-order valence-electron chi connectivity index (χ2n) is 10.1. The Morgan fingerprint density at radius 3 is 2.17 bits per heavy atom. The molecule has 1 aliphatic heterocycles. The number of amides is 1. The van der Waals surface area contributed by atoms with Crippen LogP contribution in [0.25, 0.3) is 0 Å². The summed E-state index contributed by atoms with van der Waals surface area (Å²) in [6.07, 6.45) is 0.841. The fourth-order valence-electron chi connectivity index (χ4n) is 2.94. The average Bonchev–Trinajstić information content (AvgIpc) is 2.65. The van der Waals surface area contributed by atoms with E-state index in [1.165, 1.54) is 5.56 Å². The SMILES string of the molecule is CC(C)COC(=O)N1CCN(CCc2ccc(O[Si](C)(C)C(C)(C)C)cc2)CC1. The van der Waals surface area contributed by atoms with Crippen LogP contribution < -0.4 is 4.43 Å². The molecule has 0 N–H and O–H groups in total. The van der Waals surface area contributed by atoms with E-state index in [0.717, 1.165) is 44.9 Å². The molecule has 0 atom stereocenters. The summed E-state index contributed by atoms with van der Waals surface area (Å²) in [4.78, 5) is 16.3. The van der Waals surface area contributed by atoms with Crippen molar-refractivity contribution in [1.29, 1.82) is 0 Å². The molecule has 1 saturated heterocycles. The summed E-state index contributed by atoms with van der Waals surface area (Å²) in [6, 6.07) is 8.58.